The fraction of sp³-hybridized carbons (Fsp3) is 1.00. The van der Waals surface area contributed by atoms with E-state index in [9.17, 15) is 0 Å². The van der Waals surface area contributed by atoms with Crippen LogP contribution in [0.2, 0.25) is 0 Å². The molecule has 0 aromatic rings. The van der Waals surface area contributed by atoms with E-state index < -0.39 is 0 Å². The Balaban J connectivity index is -0.000000000440. The molecular weight excluding hydrogens is 1380 g/mol. The van der Waals surface area contributed by atoms with E-state index in [0.717, 1.165) is 0 Å². The van der Waals surface area contributed by atoms with Gasteiger partial charge in [0.15, 0.2) is 0 Å². The van der Waals surface area contributed by atoms with Crippen LogP contribution in [0.5, 0.6) is 0 Å². The molecule has 0 aliphatic carbocycles. The van der Waals surface area contributed by atoms with Crippen molar-refractivity contribution in [2.45, 2.75) is 492 Å². The minimum absolute atomic E-state index is 0. The molecule has 39 nitrogen and oxygen atoms in total. The normalized spacial score (nSPS) is 1.22. The van der Waals surface area contributed by atoms with E-state index in [4.69, 9.17) is 0 Å². The molecule has 117 N–H and O–H groups in total. The molecule has 0 aliphatic heterocycles. The summed E-state index contributed by atoms with van der Waals surface area (Å²) in [5.41, 5.74) is 0. The SMILES string of the molecule is C.C.C.C.C.C.C.C.C.C.C.C.C.C.C.C.C.C.C.C.C.C.C.C.C.C.C.C.C.C.C.CC.CC.CC.CC.CC.CC.CC.CC.CC.CC.CC.CC.CC.CC.CC.CC.CCC.CCC.N.N.N.N.N.N.N.N.N.N.N.N.N.N.N.N.N.N.N.N.N.N.N.N.N.N.N.N.N.N.N.N.N.N.N.N.N.N.N. The molecule has 0 bridgehead atoms. The lowest BCUT2D eigenvalue weighted by Crippen LogP contribution is -1.27. The van der Waals surface area contributed by atoms with Crippen LogP contribution < -0.4 is 240 Å². The van der Waals surface area contributed by atoms with Gasteiger partial charge < -0.3 is 240 Å². The van der Waals surface area contributed by atoms with Crippen molar-refractivity contribution in [3.63, 3.8) is 0 Å². The second kappa shape index (κ2) is 5940000. The Hall–Kier alpha value is -1.56. The third-order valence-corrected chi connectivity index (χ3v) is 0. The zero-order chi connectivity index (χ0) is 37.4. The molecule has 0 spiro atoms. The van der Waals surface area contributed by atoms with Crippen molar-refractivity contribution in [2.75, 3.05) is 0 Å². The summed E-state index contributed by atoms with van der Waals surface area (Å²) in [5, 5.41) is 0. The molecule has 108 heavy (non-hydrogen) atoms. The van der Waals surface area contributed by atoms with Gasteiger partial charge >= 0.3 is 0 Å². The molecule has 0 aliphatic rings. The zero-order valence-corrected chi connectivity index (χ0v) is 65.0. The highest BCUT2D eigenvalue weighted by Crippen LogP contribution is 1.56. The van der Waals surface area contributed by atoms with Gasteiger partial charge in [0.2, 0.25) is 0 Å². The van der Waals surface area contributed by atoms with Crippen LogP contribution in [0.1, 0.15) is 492 Å². The molecule has 0 amide bonds. The maximum atomic E-state index is 2.12. The van der Waals surface area contributed by atoms with Crippen LogP contribution in [-0.2, 0) is 0 Å². The van der Waals surface area contributed by atoms with Crippen LogP contribution in [-0.4, -0.2) is 0 Å². The second-order valence-corrected chi connectivity index (χ2v) is 1.41. The van der Waals surface area contributed by atoms with Crippen molar-refractivity contribution in [2.24, 2.45) is 0 Å². The van der Waals surface area contributed by atoms with Gasteiger partial charge in [-0.1, -0.05) is 492 Å². The first-order valence-corrected chi connectivity index (χ1v) is 18.8. The molecule has 0 unspecified atom stereocenters. The predicted molar refractivity (Wildman–Crippen MR) is 618 cm³/mol. The van der Waals surface area contributed by atoms with Crippen LogP contribution in [0.4, 0.5) is 0 Å². The minimum atomic E-state index is 0. The Morgan fingerprint density at radius 3 is 0.0648 bits per heavy atom. The summed E-state index contributed by atoms with van der Waals surface area (Å²) < 4.78 is 0. The van der Waals surface area contributed by atoms with Crippen LogP contribution in [0.3, 0.4) is 0 Å². The van der Waals surface area contributed by atoms with E-state index in [0.29, 0.717) is 0 Å². The Labute approximate surface area is 729 Å². The molecule has 0 aromatic heterocycles. The Bertz CT molecular complexity index is 104. The standard InChI is InChI=1S/2C3H8.16C2H6.31CH4.39H3N/c2*1-3-2;16*1-2;;;;;;;;;;;;;;;;;;;;;;;;;;;;;;;;;;;;;;;;;;;;;;;;;;;;;;;;;;;;;;;;;;;;;;/h2*3H2,1-2H3;16*1-2H3;31*1H4;39*1H3. The molecule has 0 fully saturated rings. The quantitative estimate of drug-likeness (QED) is 0.107. The maximum Gasteiger partial charge on any atom is -0.0590 e. The lowest BCUT2D eigenvalue weighted by Gasteiger charge is -1.48. The molecule has 0 heterocycles. The molecule has 0 radical (unpaired) electrons. The fourth-order valence-electron chi connectivity index (χ4n) is 0. The third kappa shape index (κ3) is 459000. The first-order chi connectivity index (χ1) is 18.8. The molecule has 824 valence electrons. The fourth-order valence-corrected chi connectivity index (χ4v) is 0. The largest absolute Gasteiger partial charge is 0.344 e. The topological polar surface area (TPSA) is 1360 Å². The first-order valence-electron chi connectivity index (χ1n) is 18.8. The van der Waals surface area contributed by atoms with Crippen LogP contribution in [0, 0.1) is 0 Å². The van der Waals surface area contributed by atoms with Gasteiger partial charge in [-0.3, -0.25) is 0 Å². The Kier molecular flexibility index (Phi) is 191000000. The molecule has 0 saturated heterocycles. The van der Waals surface area contributed by atoms with E-state index in [2.05, 4.69) is 27.7 Å². The van der Waals surface area contributed by atoms with Crippen molar-refractivity contribution in [1.82, 2.24) is 240 Å². The van der Waals surface area contributed by atoms with E-state index in [1.165, 1.54) is 12.8 Å². The molecule has 0 aromatic carbocycles. The summed E-state index contributed by atoms with van der Waals surface area (Å²) in [6, 6.07) is 0. The molecule has 0 rings (SSSR count). The average Bonchev–Trinajstić information content (AvgIpc) is 3.12. The highest BCUT2D eigenvalue weighted by Gasteiger charge is 1.36. The van der Waals surface area contributed by atoms with E-state index in [1.807, 2.05) is 222 Å². The third-order valence-electron chi connectivity index (χ3n) is 0. The van der Waals surface area contributed by atoms with Crippen molar-refractivity contribution in [3.8, 4) is 0 Å². The smallest absolute Gasteiger partial charge is 0.0590 e. The highest BCUT2D eigenvalue weighted by atomic mass is 14.0. The minimum Gasteiger partial charge on any atom is -0.344 e. The van der Waals surface area contributed by atoms with E-state index in [-0.39, 0.29) is 470 Å². The number of hydrogen-bond acceptors (Lipinski definition) is 39. The van der Waals surface area contributed by atoms with Crippen LogP contribution in [0.15, 0.2) is 0 Å². The van der Waals surface area contributed by atoms with Crippen LogP contribution in [0.25, 0.3) is 0 Å². The average molecular weight is 1730 g/mol. The van der Waals surface area contributed by atoms with Gasteiger partial charge in [-0.05, 0) is 0 Å². The van der Waals surface area contributed by atoms with Crippen molar-refractivity contribution >= 4 is 0 Å². The van der Waals surface area contributed by atoms with Gasteiger partial charge in [0.05, 0.1) is 0 Å². The number of rotatable bonds is 0. The predicted octanol–water partition coefficient (Wildman–Crippen LogP) is 45.3. The van der Waals surface area contributed by atoms with E-state index >= 15 is 0 Å². The first kappa shape index (κ1) is 3480. The summed E-state index contributed by atoms with van der Waals surface area (Å²) in [7, 11) is 0. The molecular formula is C69H353N39. The summed E-state index contributed by atoms with van der Waals surface area (Å²) in [6.45, 7) is 72.5. The lowest BCUT2D eigenvalue weighted by molar-refractivity contribution is 1.09. The lowest BCUT2D eigenvalue weighted by atomic mass is 10.6. The van der Waals surface area contributed by atoms with Gasteiger partial charge in [-0.2, -0.15) is 0 Å². The Morgan fingerprint density at radius 2 is 0.0648 bits per heavy atom. The summed E-state index contributed by atoms with van der Waals surface area (Å²) in [5.74, 6) is 0. The molecule has 0 atom stereocenters. The zero-order valence-electron chi connectivity index (χ0n) is 65.0. The summed E-state index contributed by atoms with van der Waals surface area (Å²) in [4.78, 5) is 0. The number of hydrogen-bond donors (Lipinski definition) is 39. The van der Waals surface area contributed by atoms with Crippen LogP contribution >= 0.6 is 0 Å². The van der Waals surface area contributed by atoms with Crippen molar-refractivity contribution < 1.29 is 0 Å². The maximum absolute atomic E-state index is 2.12. The van der Waals surface area contributed by atoms with Crippen molar-refractivity contribution in [3.05, 3.63) is 0 Å². The molecule has 39 heteroatoms. The second-order valence-electron chi connectivity index (χ2n) is 1.41. The van der Waals surface area contributed by atoms with Gasteiger partial charge in [-0.25, -0.2) is 0 Å². The van der Waals surface area contributed by atoms with Gasteiger partial charge in [0.25, 0.3) is 0 Å². The summed E-state index contributed by atoms with van der Waals surface area (Å²) in [6.07, 6.45) is 2.50. The monoisotopic (exact) mass is 1730 g/mol. The van der Waals surface area contributed by atoms with Gasteiger partial charge in [-0.15, -0.1) is 0 Å². The van der Waals surface area contributed by atoms with Gasteiger partial charge in [0.1, 0.15) is 0 Å². The molecule has 0 saturated carbocycles. The highest BCUT2D eigenvalue weighted by molar-refractivity contribution is 3.92. The van der Waals surface area contributed by atoms with Gasteiger partial charge in [0, 0.05) is 0 Å². The van der Waals surface area contributed by atoms with E-state index in [1.54, 1.807) is 0 Å². The Morgan fingerprint density at radius 1 is 0.0648 bits per heavy atom. The summed E-state index contributed by atoms with van der Waals surface area (Å²) >= 11 is 0. The van der Waals surface area contributed by atoms with Crippen molar-refractivity contribution in [1.29, 1.82) is 0 Å².